The molecule has 0 radical (unpaired) electrons. The number of esters is 1. The first-order chi connectivity index (χ1) is 11.9. The monoisotopic (exact) mass is 361 g/mol. The van der Waals surface area contributed by atoms with E-state index in [-0.39, 0.29) is 17.9 Å². The molecule has 0 saturated heterocycles. The van der Waals surface area contributed by atoms with Crippen LogP contribution < -0.4 is 4.90 Å². The number of imide groups is 1. The zero-order chi connectivity index (χ0) is 19.9. The van der Waals surface area contributed by atoms with Gasteiger partial charge in [0.1, 0.15) is 5.60 Å². The van der Waals surface area contributed by atoms with Crippen molar-refractivity contribution in [1.82, 2.24) is 0 Å². The van der Waals surface area contributed by atoms with E-state index in [1.807, 2.05) is 0 Å². The SMILES string of the molecule is CCOC(=O)C(C)(C)c1ccc2c(c1)C(=O)C(=O)N2C(=O)OC(C)(C)C. The molecule has 1 aromatic rings. The van der Waals surface area contributed by atoms with Crippen LogP contribution in [0.1, 0.15) is 57.5 Å². The Bertz CT molecular complexity index is 788. The van der Waals surface area contributed by atoms with Gasteiger partial charge < -0.3 is 9.47 Å². The van der Waals surface area contributed by atoms with E-state index in [0.29, 0.717) is 5.56 Å². The van der Waals surface area contributed by atoms with E-state index in [9.17, 15) is 19.2 Å². The average Bonchev–Trinajstić information content (AvgIpc) is 2.77. The van der Waals surface area contributed by atoms with Gasteiger partial charge in [0.05, 0.1) is 23.3 Å². The summed E-state index contributed by atoms with van der Waals surface area (Å²) in [5.74, 6) is -2.23. The Morgan fingerprint density at radius 1 is 1.08 bits per heavy atom. The van der Waals surface area contributed by atoms with Gasteiger partial charge in [0.25, 0.3) is 5.78 Å². The fourth-order valence-corrected chi connectivity index (χ4v) is 2.55. The molecular formula is C19H23NO6. The number of carbonyl (C=O) groups is 4. The lowest BCUT2D eigenvalue weighted by Gasteiger charge is -2.25. The first-order valence-electron chi connectivity index (χ1n) is 8.33. The summed E-state index contributed by atoms with van der Waals surface area (Å²) in [6.07, 6.45) is -0.910. The summed E-state index contributed by atoms with van der Waals surface area (Å²) in [7, 11) is 0. The van der Waals surface area contributed by atoms with E-state index in [1.165, 1.54) is 12.1 Å². The van der Waals surface area contributed by atoms with E-state index in [0.717, 1.165) is 4.90 Å². The van der Waals surface area contributed by atoms with E-state index < -0.39 is 34.8 Å². The van der Waals surface area contributed by atoms with Crippen LogP contribution in [-0.2, 0) is 24.5 Å². The van der Waals surface area contributed by atoms with Gasteiger partial charge in [-0.1, -0.05) is 6.07 Å². The molecule has 0 unspecified atom stereocenters. The molecule has 0 N–H and O–H groups in total. The van der Waals surface area contributed by atoms with Crippen LogP contribution in [-0.4, -0.2) is 36.0 Å². The van der Waals surface area contributed by atoms with E-state index >= 15 is 0 Å². The standard InChI is InChI=1S/C19H23NO6/c1-7-25-16(23)19(5,6)11-8-9-13-12(10-11)14(21)15(22)20(13)17(24)26-18(2,3)4/h8-10H,7H2,1-6H3. The lowest BCUT2D eigenvalue weighted by atomic mass is 9.83. The van der Waals surface area contributed by atoms with Gasteiger partial charge >= 0.3 is 18.0 Å². The first-order valence-corrected chi connectivity index (χ1v) is 8.33. The minimum Gasteiger partial charge on any atom is -0.465 e. The predicted molar refractivity (Wildman–Crippen MR) is 94.2 cm³/mol. The van der Waals surface area contributed by atoms with Gasteiger partial charge in [0.2, 0.25) is 0 Å². The smallest absolute Gasteiger partial charge is 0.422 e. The van der Waals surface area contributed by atoms with Crippen molar-refractivity contribution in [2.45, 2.75) is 52.6 Å². The topological polar surface area (TPSA) is 90.0 Å². The summed E-state index contributed by atoms with van der Waals surface area (Å²) in [6, 6.07) is 4.52. The van der Waals surface area contributed by atoms with Crippen molar-refractivity contribution in [2.75, 3.05) is 11.5 Å². The number of fused-ring (bicyclic) bond motifs is 1. The largest absolute Gasteiger partial charge is 0.465 e. The van der Waals surface area contributed by atoms with Gasteiger partial charge in [-0.2, -0.15) is 0 Å². The molecule has 0 aliphatic carbocycles. The molecule has 0 spiro atoms. The highest BCUT2D eigenvalue weighted by Crippen LogP contribution is 2.35. The Morgan fingerprint density at radius 2 is 1.69 bits per heavy atom. The molecule has 0 bridgehead atoms. The second-order valence-electron chi connectivity index (χ2n) is 7.53. The molecule has 7 nitrogen and oxygen atoms in total. The zero-order valence-electron chi connectivity index (χ0n) is 15.8. The number of hydrogen-bond acceptors (Lipinski definition) is 6. The number of nitrogens with zero attached hydrogens (tertiary/aromatic N) is 1. The number of amides is 2. The summed E-state index contributed by atoms with van der Waals surface area (Å²) < 4.78 is 10.3. The zero-order valence-corrected chi connectivity index (χ0v) is 15.8. The van der Waals surface area contributed by atoms with Crippen LogP contribution in [0.3, 0.4) is 0 Å². The molecule has 0 fully saturated rings. The number of hydrogen-bond donors (Lipinski definition) is 0. The molecule has 0 atom stereocenters. The number of Topliss-reactive ketones (excluding diaryl/α,β-unsaturated/α-hetero) is 1. The van der Waals surface area contributed by atoms with E-state index in [1.54, 1.807) is 47.6 Å². The number of rotatable bonds is 3. The molecule has 0 saturated carbocycles. The van der Waals surface area contributed by atoms with Crippen LogP contribution in [0, 0.1) is 0 Å². The second kappa shape index (κ2) is 6.55. The Morgan fingerprint density at radius 3 is 2.23 bits per heavy atom. The number of carbonyl (C=O) groups excluding carboxylic acids is 4. The summed E-state index contributed by atoms with van der Waals surface area (Å²) >= 11 is 0. The highest BCUT2D eigenvalue weighted by Gasteiger charge is 2.43. The maximum absolute atomic E-state index is 12.3. The normalized spacial score (nSPS) is 14.3. The molecule has 7 heteroatoms. The molecule has 1 aliphatic heterocycles. The van der Waals surface area contributed by atoms with Crippen LogP contribution in [0.4, 0.5) is 10.5 Å². The molecule has 26 heavy (non-hydrogen) atoms. The summed E-state index contributed by atoms with van der Waals surface area (Å²) in [6.45, 7) is 10.3. The highest BCUT2D eigenvalue weighted by molar-refractivity contribution is 6.56. The third-order valence-electron chi connectivity index (χ3n) is 3.96. The van der Waals surface area contributed by atoms with Gasteiger partial charge in [-0.15, -0.1) is 0 Å². The van der Waals surface area contributed by atoms with Crippen molar-refractivity contribution in [3.8, 4) is 0 Å². The van der Waals surface area contributed by atoms with E-state index in [2.05, 4.69) is 0 Å². The molecule has 0 aromatic heterocycles. The molecule has 1 heterocycles. The highest BCUT2D eigenvalue weighted by atomic mass is 16.6. The van der Waals surface area contributed by atoms with E-state index in [4.69, 9.17) is 9.47 Å². The van der Waals surface area contributed by atoms with Crippen LogP contribution in [0.15, 0.2) is 18.2 Å². The number of ketones is 1. The van der Waals surface area contributed by atoms with Crippen LogP contribution >= 0.6 is 0 Å². The number of ether oxygens (including phenoxy) is 2. The van der Waals surface area contributed by atoms with Gasteiger partial charge in [0.15, 0.2) is 0 Å². The maximum atomic E-state index is 12.3. The lowest BCUT2D eigenvalue weighted by Crippen LogP contribution is -2.40. The minimum atomic E-state index is -1.01. The number of anilines is 1. The lowest BCUT2D eigenvalue weighted by molar-refractivity contribution is -0.148. The average molecular weight is 361 g/mol. The fourth-order valence-electron chi connectivity index (χ4n) is 2.55. The van der Waals surface area contributed by atoms with Crippen molar-refractivity contribution in [2.24, 2.45) is 0 Å². The van der Waals surface area contributed by atoms with Crippen molar-refractivity contribution in [3.63, 3.8) is 0 Å². The van der Waals surface area contributed by atoms with Crippen molar-refractivity contribution in [1.29, 1.82) is 0 Å². The Kier molecular flexibility index (Phi) is 4.94. The third kappa shape index (κ3) is 3.47. The first kappa shape index (κ1) is 19.6. The van der Waals surface area contributed by atoms with Gasteiger partial charge in [-0.3, -0.25) is 14.4 Å². The van der Waals surface area contributed by atoms with Gasteiger partial charge in [-0.25, -0.2) is 9.69 Å². The molecular weight excluding hydrogens is 338 g/mol. The predicted octanol–water partition coefficient (Wildman–Crippen LogP) is 2.99. The third-order valence-corrected chi connectivity index (χ3v) is 3.96. The molecule has 140 valence electrons. The van der Waals surface area contributed by atoms with Crippen molar-refractivity contribution < 1.29 is 28.7 Å². The van der Waals surface area contributed by atoms with Crippen LogP contribution in [0.25, 0.3) is 0 Å². The van der Waals surface area contributed by atoms with Gasteiger partial charge in [-0.05, 0) is 59.2 Å². The molecule has 1 aromatic carbocycles. The summed E-state index contributed by atoms with van der Waals surface area (Å²) in [5, 5.41) is 0. The van der Waals surface area contributed by atoms with Crippen molar-refractivity contribution in [3.05, 3.63) is 29.3 Å². The minimum absolute atomic E-state index is 0.0655. The Labute approximate surface area is 152 Å². The van der Waals surface area contributed by atoms with Gasteiger partial charge in [0, 0.05) is 0 Å². The summed E-state index contributed by atoms with van der Waals surface area (Å²) in [4.78, 5) is 49.8. The fraction of sp³-hybridized carbons (Fsp3) is 0.474. The Balaban J connectivity index is 2.44. The molecule has 2 rings (SSSR count). The molecule has 1 aliphatic rings. The van der Waals surface area contributed by atoms with Crippen molar-refractivity contribution >= 4 is 29.4 Å². The van der Waals surface area contributed by atoms with Crippen LogP contribution in [0.5, 0.6) is 0 Å². The Hall–Kier alpha value is -2.70. The maximum Gasteiger partial charge on any atom is 0.422 e. The molecule has 2 amide bonds. The second-order valence-corrected chi connectivity index (χ2v) is 7.53. The summed E-state index contributed by atoms with van der Waals surface area (Å²) in [5.41, 5.74) is -1.09. The van der Waals surface area contributed by atoms with Crippen LogP contribution in [0.2, 0.25) is 0 Å². The number of benzene rings is 1. The quantitative estimate of drug-likeness (QED) is 0.607.